The Morgan fingerprint density at radius 1 is 1.47 bits per heavy atom. The first-order chi connectivity index (χ1) is 9.20. The van der Waals surface area contributed by atoms with Crippen molar-refractivity contribution < 1.29 is 4.74 Å². The van der Waals surface area contributed by atoms with Gasteiger partial charge in [-0.1, -0.05) is 20.8 Å². The van der Waals surface area contributed by atoms with Crippen LogP contribution in [0.4, 0.5) is 0 Å². The van der Waals surface area contributed by atoms with Gasteiger partial charge < -0.3 is 10.1 Å². The van der Waals surface area contributed by atoms with Crippen LogP contribution in [0.15, 0.2) is 0 Å². The monoisotopic (exact) mass is 282 g/mol. The molecule has 1 aromatic rings. The molecule has 0 bridgehead atoms. The van der Waals surface area contributed by atoms with Gasteiger partial charge in [-0.05, 0) is 31.7 Å². The quantitative estimate of drug-likeness (QED) is 0.869. The molecule has 1 aromatic heterocycles. The summed E-state index contributed by atoms with van der Waals surface area (Å²) >= 11 is 1.89. The molecule has 0 spiro atoms. The van der Waals surface area contributed by atoms with Gasteiger partial charge >= 0.3 is 0 Å². The van der Waals surface area contributed by atoms with E-state index in [1.807, 2.05) is 11.3 Å². The molecule has 0 radical (unpaired) electrons. The van der Waals surface area contributed by atoms with E-state index in [2.05, 4.69) is 26.1 Å². The maximum Gasteiger partial charge on any atom is 0.0985 e. The Kier molecular flexibility index (Phi) is 5.79. The SMILES string of the molecule is CCNCc1sc(C2CCCOC2)nc1CC(C)C. The summed E-state index contributed by atoms with van der Waals surface area (Å²) in [5.74, 6) is 1.19. The molecule has 0 amide bonds. The van der Waals surface area contributed by atoms with E-state index in [-0.39, 0.29) is 0 Å². The fourth-order valence-corrected chi connectivity index (χ4v) is 3.62. The molecule has 108 valence electrons. The van der Waals surface area contributed by atoms with Crippen LogP contribution in [0.5, 0.6) is 0 Å². The highest BCUT2D eigenvalue weighted by molar-refractivity contribution is 7.11. The van der Waals surface area contributed by atoms with Crippen LogP contribution in [0.25, 0.3) is 0 Å². The van der Waals surface area contributed by atoms with Crippen LogP contribution in [-0.2, 0) is 17.7 Å². The average Bonchev–Trinajstić information content (AvgIpc) is 2.80. The fourth-order valence-electron chi connectivity index (χ4n) is 2.44. The number of thiazole rings is 1. The second-order valence-electron chi connectivity index (χ2n) is 5.71. The van der Waals surface area contributed by atoms with Gasteiger partial charge in [0.05, 0.1) is 17.3 Å². The van der Waals surface area contributed by atoms with Gasteiger partial charge in [0.1, 0.15) is 0 Å². The first-order valence-electron chi connectivity index (χ1n) is 7.47. The molecule has 1 unspecified atom stereocenters. The van der Waals surface area contributed by atoms with Gasteiger partial charge in [-0.15, -0.1) is 11.3 Å². The van der Waals surface area contributed by atoms with Crippen LogP contribution >= 0.6 is 11.3 Å². The summed E-state index contributed by atoms with van der Waals surface area (Å²) in [7, 11) is 0. The first kappa shape index (κ1) is 14.9. The van der Waals surface area contributed by atoms with E-state index < -0.39 is 0 Å². The van der Waals surface area contributed by atoms with Crippen LogP contribution < -0.4 is 5.32 Å². The van der Waals surface area contributed by atoms with Gasteiger partial charge in [0.2, 0.25) is 0 Å². The predicted octanol–water partition coefficient (Wildman–Crippen LogP) is 3.35. The maximum absolute atomic E-state index is 5.60. The lowest BCUT2D eigenvalue weighted by atomic mass is 10.0. The Labute approximate surface area is 120 Å². The van der Waals surface area contributed by atoms with E-state index in [1.165, 1.54) is 28.4 Å². The molecule has 4 heteroatoms. The number of hydrogen-bond donors (Lipinski definition) is 1. The lowest BCUT2D eigenvalue weighted by Crippen LogP contribution is -2.15. The van der Waals surface area contributed by atoms with Crippen molar-refractivity contribution in [2.24, 2.45) is 5.92 Å². The molecule has 2 heterocycles. The number of nitrogens with zero attached hydrogens (tertiary/aromatic N) is 1. The van der Waals surface area contributed by atoms with E-state index in [0.717, 1.165) is 32.7 Å². The van der Waals surface area contributed by atoms with Crippen molar-refractivity contribution in [3.8, 4) is 0 Å². The molecule has 0 saturated carbocycles. The van der Waals surface area contributed by atoms with Crippen LogP contribution in [0.2, 0.25) is 0 Å². The van der Waals surface area contributed by atoms with Crippen molar-refractivity contribution in [2.45, 2.75) is 52.5 Å². The van der Waals surface area contributed by atoms with Crippen molar-refractivity contribution in [3.05, 3.63) is 15.6 Å². The lowest BCUT2D eigenvalue weighted by Gasteiger charge is -2.19. The van der Waals surface area contributed by atoms with Gasteiger partial charge in [0.15, 0.2) is 0 Å². The normalized spacial score (nSPS) is 20.1. The van der Waals surface area contributed by atoms with Crippen LogP contribution in [0.1, 0.15) is 55.1 Å². The summed E-state index contributed by atoms with van der Waals surface area (Å²) in [5.41, 5.74) is 1.31. The fraction of sp³-hybridized carbons (Fsp3) is 0.800. The molecule has 1 fully saturated rings. The third-order valence-corrected chi connectivity index (χ3v) is 4.70. The third-order valence-electron chi connectivity index (χ3n) is 3.44. The molecule has 3 nitrogen and oxygen atoms in total. The van der Waals surface area contributed by atoms with Crippen molar-refractivity contribution >= 4 is 11.3 Å². The molecule has 0 aromatic carbocycles. The average molecular weight is 282 g/mol. The van der Waals surface area contributed by atoms with E-state index in [0.29, 0.717) is 11.8 Å². The molecule has 1 atom stereocenters. The van der Waals surface area contributed by atoms with E-state index in [1.54, 1.807) is 0 Å². The summed E-state index contributed by atoms with van der Waals surface area (Å²) in [4.78, 5) is 6.35. The zero-order chi connectivity index (χ0) is 13.7. The topological polar surface area (TPSA) is 34.1 Å². The smallest absolute Gasteiger partial charge is 0.0985 e. The highest BCUT2D eigenvalue weighted by Crippen LogP contribution is 2.31. The van der Waals surface area contributed by atoms with Gasteiger partial charge in [-0.2, -0.15) is 0 Å². The molecule has 19 heavy (non-hydrogen) atoms. The number of hydrogen-bond acceptors (Lipinski definition) is 4. The summed E-state index contributed by atoms with van der Waals surface area (Å²) in [5, 5.41) is 4.73. The second-order valence-corrected chi connectivity index (χ2v) is 6.83. The highest BCUT2D eigenvalue weighted by Gasteiger charge is 2.22. The molecule has 1 aliphatic rings. The lowest BCUT2D eigenvalue weighted by molar-refractivity contribution is 0.0803. The second kappa shape index (κ2) is 7.36. The van der Waals surface area contributed by atoms with E-state index in [9.17, 15) is 0 Å². The Bertz CT molecular complexity index is 383. The van der Waals surface area contributed by atoms with Crippen molar-refractivity contribution in [1.29, 1.82) is 0 Å². The highest BCUT2D eigenvalue weighted by atomic mass is 32.1. The van der Waals surface area contributed by atoms with Crippen molar-refractivity contribution in [3.63, 3.8) is 0 Å². The minimum Gasteiger partial charge on any atom is -0.381 e. The number of ether oxygens (including phenoxy) is 1. The first-order valence-corrected chi connectivity index (χ1v) is 8.29. The zero-order valence-corrected chi connectivity index (χ0v) is 13.2. The van der Waals surface area contributed by atoms with Gasteiger partial charge in [0, 0.05) is 23.9 Å². The molecule has 1 aliphatic heterocycles. The van der Waals surface area contributed by atoms with Gasteiger partial charge in [-0.3, -0.25) is 0 Å². The Morgan fingerprint density at radius 2 is 2.32 bits per heavy atom. The number of rotatable bonds is 6. The molecular formula is C15H26N2OS. The minimum atomic E-state index is 0.528. The minimum absolute atomic E-state index is 0.528. The van der Waals surface area contributed by atoms with E-state index >= 15 is 0 Å². The Hall–Kier alpha value is -0.450. The van der Waals surface area contributed by atoms with Gasteiger partial charge in [0.25, 0.3) is 0 Å². The van der Waals surface area contributed by atoms with Crippen LogP contribution in [0, 0.1) is 5.92 Å². The Morgan fingerprint density at radius 3 is 2.95 bits per heavy atom. The molecule has 1 saturated heterocycles. The Balaban J connectivity index is 2.12. The van der Waals surface area contributed by atoms with Gasteiger partial charge in [-0.25, -0.2) is 4.98 Å². The zero-order valence-electron chi connectivity index (χ0n) is 12.4. The van der Waals surface area contributed by atoms with Crippen LogP contribution in [-0.4, -0.2) is 24.7 Å². The number of nitrogens with one attached hydrogen (secondary N) is 1. The van der Waals surface area contributed by atoms with Crippen molar-refractivity contribution in [2.75, 3.05) is 19.8 Å². The molecule has 0 aliphatic carbocycles. The predicted molar refractivity (Wildman–Crippen MR) is 80.8 cm³/mol. The maximum atomic E-state index is 5.60. The van der Waals surface area contributed by atoms with E-state index in [4.69, 9.17) is 9.72 Å². The van der Waals surface area contributed by atoms with Crippen molar-refractivity contribution in [1.82, 2.24) is 10.3 Å². The number of aromatic nitrogens is 1. The molecular weight excluding hydrogens is 256 g/mol. The third kappa shape index (κ3) is 4.26. The summed E-state index contributed by atoms with van der Waals surface area (Å²) in [6.07, 6.45) is 3.49. The van der Waals surface area contributed by atoms with Crippen LogP contribution in [0.3, 0.4) is 0 Å². The largest absolute Gasteiger partial charge is 0.381 e. The summed E-state index contributed by atoms with van der Waals surface area (Å²) in [6, 6.07) is 0. The summed E-state index contributed by atoms with van der Waals surface area (Å²) in [6.45, 7) is 10.4. The molecule has 1 N–H and O–H groups in total. The molecule has 2 rings (SSSR count). The summed E-state index contributed by atoms with van der Waals surface area (Å²) < 4.78 is 5.60. The standard InChI is InChI=1S/C15H26N2OS/c1-4-16-9-14-13(8-11(2)3)17-15(19-14)12-6-5-7-18-10-12/h11-12,16H,4-10H2,1-3H3.